The van der Waals surface area contributed by atoms with E-state index in [0.717, 1.165) is 18.9 Å². The van der Waals surface area contributed by atoms with E-state index in [-0.39, 0.29) is 4.90 Å². The summed E-state index contributed by atoms with van der Waals surface area (Å²) in [5, 5.41) is 0. The molecule has 3 heterocycles. The van der Waals surface area contributed by atoms with Gasteiger partial charge in [-0.3, -0.25) is 0 Å². The van der Waals surface area contributed by atoms with E-state index >= 15 is 0 Å². The fourth-order valence-corrected chi connectivity index (χ4v) is 3.63. The molecule has 8 nitrogen and oxygen atoms in total. The van der Waals surface area contributed by atoms with Crippen LogP contribution in [-0.4, -0.2) is 69.9 Å². The van der Waals surface area contributed by atoms with Crippen LogP contribution < -0.4 is 14.7 Å². The zero-order chi connectivity index (χ0) is 18.0. The van der Waals surface area contributed by atoms with E-state index < -0.39 is 9.84 Å². The quantitative estimate of drug-likeness (QED) is 0.785. The predicted molar refractivity (Wildman–Crippen MR) is 98.1 cm³/mol. The van der Waals surface area contributed by atoms with Gasteiger partial charge in [-0.2, -0.15) is 4.98 Å². The number of rotatable bonds is 4. The minimum Gasteiger partial charge on any atom is -0.353 e. The molecule has 1 saturated heterocycles. The molecule has 0 aromatic carbocycles. The predicted octanol–water partition coefficient (Wildman–Crippen LogP) is 0.668. The van der Waals surface area contributed by atoms with E-state index in [0.29, 0.717) is 24.9 Å². The summed E-state index contributed by atoms with van der Waals surface area (Å²) in [5.41, 5.74) is 0. The third-order valence-corrected chi connectivity index (χ3v) is 5.20. The van der Waals surface area contributed by atoms with Crippen LogP contribution in [0.15, 0.2) is 35.5 Å². The molecular formula is C16H22N6O2S. The van der Waals surface area contributed by atoms with Crippen molar-refractivity contribution < 1.29 is 8.42 Å². The zero-order valence-electron chi connectivity index (χ0n) is 14.6. The van der Waals surface area contributed by atoms with Gasteiger partial charge in [-0.05, 0) is 18.2 Å². The molecule has 0 saturated carbocycles. The van der Waals surface area contributed by atoms with E-state index in [1.165, 1.54) is 6.26 Å². The van der Waals surface area contributed by atoms with Crippen LogP contribution in [0.1, 0.15) is 0 Å². The Kier molecular flexibility index (Phi) is 4.76. The van der Waals surface area contributed by atoms with E-state index in [4.69, 9.17) is 0 Å². The fraction of sp³-hybridized carbons (Fsp3) is 0.438. The highest BCUT2D eigenvalue weighted by Gasteiger charge is 2.24. The van der Waals surface area contributed by atoms with Gasteiger partial charge in [0.05, 0.1) is 0 Å². The summed E-state index contributed by atoms with van der Waals surface area (Å²) in [6.45, 7) is 2.84. The maximum absolute atomic E-state index is 12.0. The molecule has 2 aromatic rings. The van der Waals surface area contributed by atoms with Gasteiger partial charge in [0.1, 0.15) is 16.5 Å². The summed E-state index contributed by atoms with van der Waals surface area (Å²) in [4.78, 5) is 19.4. The van der Waals surface area contributed by atoms with Gasteiger partial charge in [0.2, 0.25) is 5.95 Å². The molecule has 0 unspecified atom stereocenters. The SMILES string of the molecule is CN(C)c1nccc(N2CCN(c3ncccc3S(C)(=O)=O)CC2)n1. The minimum atomic E-state index is -3.31. The van der Waals surface area contributed by atoms with Crippen LogP contribution in [0.3, 0.4) is 0 Å². The van der Waals surface area contributed by atoms with Gasteiger partial charge >= 0.3 is 0 Å². The molecule has 0 N–H and O–H groups in total. The first-order valence-corrected chi connectivity index (χ1v) is 9.91. The Morgan fingerprint density at radius 1 is 1.00 bits per heavy atom. The van der Waals surface area contributed by atoms with Crippen LogP contribution >= 0.6 is 0 Å². The second-order valence-electron chi connectivity index (χ2n) is 6.18. The molecule has 3 rings (SSSR count). The highest BCUT2D eigenvalue weighted by molar-refractivity contribution is 7.90. The van der Waals surface area contributed by atoms with Crippen molar-refractivity contribution in [3.05, 3.63) is 30.6 Å². The molecule has 0 bridgehead atoms. The fourth-order valence-electron chi connectivity index (χ4n) is 2.79. The summed E-state index contributed by atoms with van der Waals surface area (Å²) in [5.74, 6) is 2.08. The molecule has 0 radical (unpaired) electrons. The average Bonchev–Trinajstić information content (AvgIpc) is 2.61. The maximum atomic E-state index is 12.0. The minimum absolute atomic E-state index is 0.278. The lowest BCUT2D eigenvalue weighted by Crippen LogP contribution is -2.47. The molecule has 0 spiro atoms. The number of anilines is 3. The Bertz CT molecular complexity index is 847. The molecule has 25 heavy (non-hydrogen) atoms. The number of pyridine rings is 1. The van der Waals surface area contributed by atoms with Crippen molar-refractivity contribution in [3.63, 3.8) is 0 Å². The normalized spacial score (nSPS) is 15.3. The van der Waals surface area contributed by atoms with Gasteiger partial charge in [0, 0.05) is 58.9 Å². The van der Waals surface area contributed by atoms with Gasteiger partial charge in [-0.25, -0.2) is 18.4 Å². The summed E-state index contributed by atoms with van der Waals surface area (Å²) in [6.07, 6.45) is 4.60. The molecule has 9 heteroatoms. The van der Waals surface area contributed by atoms with Gasteiger partial charge in [-0.15, -0.1) is 0 Å². The monoisotopic (exact) mass is 362 g/mol. The molecule has 1 fully saturated rings. The zero-order valence-corrected chi connectivity index (χ0v) is 15.4. The first-order chi connectivity index (χ1) is 11.9. The smallest absolute Gasteiger partial charge is 0.226 e. The van der Waals surface area contributed by atoms with Crippen LogP contribution in [0.4, 0.5) is 17.6 Å². The Balaban J connectivity index is 1.76. The molecule has 134 valence electrons. The third kappa shape index (κ3) is 3.81. The molecular weight excluding hydrogens is 340 g/mol. The van der Waals surface area contributed by atoms with Crippen LogP contribution in [0.25, 0.3) is 0 Å². The first kappa shape index (κ1) is 17.4. The maximum Gasteiger partial charge on any atom is 0.226 e. The molecule has 0 aliphatic carbocycles. The lowest BCUT2D eigenvalue weighted by atomic mass is 10.3. The lowest BCUT2D eigenvalue weighted by molar-refractivity contribution is 0.598. The van der Waals surface area contributed by atoms with Crippen LogP contribution in [0, 0.1) is 0 Å². The third-order valence-electron chi connectivity index (χ3n) is 4.08. The summed E-state index contributed by atoms with van der Waals surface area (Å²) >= 11 is 0. The van der Waals surface area contributed by atoms with Gasteiger partial charge in [0.25, 0.3) is 0 Å². The van der Waals surface area contributed by atoms with Crippen molar-refractivity contribution in [2.75, 3.05) is 61.2 Å². The summed E-state index contributed by atoms with van der Waals surface area (Å²) in [6, 6.07) is 5.16. The van der Waals surface area contributed by atoms with E-state index in [2.05, 4.69) is 19.9 Å². The number of hydrogen-bond donors (Lipinski definition) is 0. The molecule has 0 amide bonds. The number of sulfone groups is 1. The van der Waals surface area contributed by atoms with Crippen LogP contribution in [0.2, 0.25) is 0 Å². The largest absolute Gasteiger partial charge is 0.353 e. The molecule has 1 aliphatic rings. The van der Waals surface area contributed by atoms with Gasteiger partial charge < -0.3 is 14.7 Å². The van der Waals surface area contributed by atoms with Crippen molar-refractivity contribution in [3.8, 4) is 0 Å². The van der Waals surface area contributed by atoms with Crippen LogP contribution in [-0.2, 0) is 9.84 Å². The average molecular weight is 362 g/mol. The van der Waals surface area contributed by atoms with Crippen molar-refractivity contribution in [2.45, 2.75) is 4.90 Å². The van der Waals surface area contributed by atoms with Crippen molar-refractivity contribution in [2.24, 2.45) is 0 Å². The molecule has 0 atom stereocenters. The Morgan fingerprint density at radius 2 is 1.68 bits per heavy atom. The van der Waals surface area contributed by atoms with Crippen molar-refractivity contribution in [1.82, 2.24) is 15.0 Å². The first-order valence-electron chi connectivity index (χ1n) is 8.01. The van der Waals surface area contributed by atoms with Crippen molar-refractivity contribution in [1.29, 1.82) is 0 Å². The highest BCUT2D eigenvalue weighted by Crippen LogP contribution is 2.24. The second kappa shape index (κ2) is 6.83. The molecule has 2 aromatic heterocycles. The Morgan fingerprint density at radius 3 is 2.32 bits per heavy atom. The topological polar surface area (TPSA) is 82.5 Å². The number of aromatic nitrogens is 3. The van der Waals surface area contributed by atoms with Gasteiger partial charge in [-0.1, -0.05) is 0 Å². The van der Waals surface area contributed by atoms with Crippen molar-refractivity contribution >= 4 is 27.4 Å². The van der Waals surface area contributed by atoms with E-state index in [1.54, 1.807) is 24.5 Å². The van der Waals surface area contributed by atoms with Crippen LogP contribution in [0.5, 0.6) is 0 Å². The number of hydrogen-bond acceptors (Lipinski definition) is 8. The summed E-state index contributed by atoms with van der Waals surface area (Å²) in [7, 11) is 0.508. The Hall–Kier alpha value is -2.42. The lowest BCUT2D eigenvalue weighted by Gasteiger charge is -2.36. The molecule has 1 aliphatic heterocycles. The van der Waals surface area contributed by atoms with E-state index in [9.17, 15) is 8.42 Å². The Labute approximate surface area is 148 Å². The second-order valence-corrected chi connectivity index (χ2v) is 8.16. The number of piperazine rings is 1. The van der Waals surface area contributed by atoms with E-state index in [1.807, 2.05) is 30.0 Å². The standard InChI is InChI=1S/C16H22N6O2S/c1-20(2)16-18-8-6-14(19-16)21-9-11-22(12-10-21)15-13(25(3,23)24)5-4-7-17-15/h4-8H,9-12H2,1-3H3. The van der Waals surface area contributed by atoms with Gasteiger partial charge in [0.15, 0.2) is 9.84 Å². The summed E-state index contributed by atoms with van der Waals surface area (Å²) < 4.78 is 24.0. The highest BCUT2D eigenvalue weighted by atomic mass is 32.2. The number of nitrogens with zero attached hydrogens (tertiary/aromatic N) is 6.